The van der Waals surface area contributed by atoms with Crippen molar-refractivity contribution in [1.82, 2.24) is 19.7 Å². The zero-order valence-electron chi connectivity index (χ0n) is 18.8. The maximum absolute atomic E-state index is 6.32. The van der Waals surface area contributed by atoms with Gasteiger partial charge in [0.2, 0.25) is 0 Å². The number of rotatable bonds is 9. The summed E-state index contributed by atoms with van der Waals surface area (Å²) in [5.41, 5.74) is 4.27. The van der Waals surface area contributed by atoms with E-state index >= 15 is 0 Å². The Labute approximate surface area is 207 Å². The molecule has 0 fully saturated rings. The first kappa shape index (κ1) is 23.5. The van der Waals surface area contributed by atoms with E-state index in [0.29, 0.717) is 17.3 Å². The molecule has 2 aromatic heterocycles. The van der Waals surface area contributed by atoms with Crippen LogP contribution in [0, 0.1) is 13.8 Å². The number of thioether (sulfide) groups is 1. The molecule has 0 radical (unpaired) electrons. The molecule has 1 unspecified atom stereocenters. The van der Waals surface area contributed by atoms with Gasteiger partial charge >= 0.3 is 0 Å². The van der Waals surface area contributed by atoms with Gasteiger partial charge in [-0.15, -0.1) is 28.1 Å². The molecule has 0 aliphatic heterocycles. The molecular formula is C25H25ClN4OS2. The summed E-state index contributed by atoms with van der Waals surface area (Å²) in [4.78, 5) is 4.76. The number of hydrogen-bond donors (Lipinski definition) is 0. The quantitative estimate of drug-likeness (QED) is 0.180. The minimum Gasteiger partial charge on any atom is -0.483 e. The van der Waals surface area contributed by atoms with Crippen molar-refractivity contribution in [3.8, 4) is 16.3 Å². The van der Waals surface area contributed by atoms with Crippen LogP contribution in [0.5, 0.6) is 5.75 Å². The topological polar surface area (TPSA) is 52.8 Å². The molecule has 2 heterocycles. The molecule has 4 rings (SSSR count). The molecule has 0 N–H and O–H groups in total. The van der Waals surface area contributed by atoms with Gasteiger partial charge in [-0.05, 0) is 50.1 Å². The average molecular weight is 497 g/mol. The monoisotopic (exact) mass is 496 g/mol. The van der Waals surface area contributed by atoms with Crippen molar-refractivity contribution in [3.05, 3.63) is 88.2 Å². The van der Waals surface area contributed by atoms with Gasteiger partial charge < -0.3 is 4.74 Å². The highest BCUT2D eigenvalue weighted by molar-refractivity contribution is 7.98. The fourth-order valence-electron chi connectivity index (χ4n) is 3.54. The molecule has 0 bridgehead atoms. The van der Waals surface area contributed by atoms with Gasteiger partial charge in [-0.1, -0.05) is 53.7 Å². The summed E-state index contributed by atoms with van der Waals surface area (Å²) in [6, 6.07) is 14.0. The average Bonchev–Trinajstić information content (AvgIpc) is 3.39. The van der Waals surface area contributed by atoms with Crippen LogP contribution in [0.15, 0.2) is 65.7 Å². The summed E-state index contributed by atoms with van der Waals surface area (Å²) in [7, 11) is 0. The SMILES string of the molecule is C=CCn1c(SCc2csc(-c3ccccc3Cl)n2)nnc1C(C)Oc1cc(C)cc(C)c1. The number of benzene rings is 2. The van der Waals surface area contributed by atoms with Crippen LogP contribution in [0.3, 0.4) is 0 Å². The molecule has 0 spiro atoms. The first-order valence-electron chi connectivity index (χ1n) is 10.6. The maximum Gasteiger partial charge on any atom is 0.192 e. The Kier molecular flexibility index (Phi) is 7.53. The lowest BCUT2D eigenvalue weighted by molar-refractivity contribution is 0.210. The second kappa shape index (κ2) is 10.5. The van der Waals surface area contributed by atoms with E-state index in [4.69, 9.17) is 21.3 Å². The van der Waals surface area contributed by atoms with E-state index in [1.807, 2.05) is 54.0 Å². The molecule has 5 nitrogen and oxygen atoms in total. The number of halogens is 1. The van der Waals surface area contributed by atoms with Crippen molar-refractivity contribution in [3.63, 3.8) is 0 Å². The molecular weight excluding hydrogens is 472 g/mol. The van der Waals surface area contributed by atoms with Crippen molar-refractivity contribution < 1.29 is 4.74 Å². The fourth-order valence-corrected chi connectivity index (χ4v) is 5.63. The molecule has 0 saturated carbocycles. The molecule has 0 amide bonds. The van der Waals surface area contributed by atoms with E-state index < -0.39 is 0 Å². The van der Waals surface area contributed by atoms with Gasteiger partial charge in [0.05, 0.1) is 10.7 Å². The standard InChI is InChI=1S/C25H25ClN4OS2/c1-5-10-30-23(18(4)31-20-12-16(2)11-17(3)13-20)28-29-25(30)33-15-19-14-32-24(27-19)21-8-6-7-9-22(21)26/h5-9,11-14,18H,1,10,15H2,2-4H3. The molecule has 4 aromatic rings. The number of allylic oxidation sites excluding steroid dienone is 1. The van der Waals surface area contributed by atoms with Gasteiger partial charge in [0.25, 0.3) is 0 Å². The molecule has 0 saturated heterocycles. The first-order valence-corrected chi connectivity index (χ1v) is 12.8. The Balaban J connectivity index is 1.49. The molecule has 33 heavy (non-hydrogen) atoms. The lowest BCUT2D eigenvalue weighted by Crippen LogP contribution is -2.12. The van der Waals surface area contributed by atoms with E-state index in [1.165, 1.54) is 11.1 Å². The zero-order valence-corrected chi connectivity index (χ0v) is 21.2. The lowest BCUT2D eigenvalue weighted by Gasteiger charge is -2.16. The Morgan fingerprint density at radius 3 is 2.67 bits per heavy atom. The summed E-state index contributed by atoms with van der Waals surface area (Å²) in [6.07, 6.45) is 1.60. The van der Waals surface area contributed by atoms with Crippen LogP contribution in [0.1, 0.15) is 35.7 Å². The van der Waals surface area contributed by atoms with Crippen LogP contribution >= 0.6 is 34.7 Å². The van der Waals surface area contributed by atoms with E-state index in [2.05, 4.69) is 42.1 Å². The van der Waals surface area contributed by atoms with Crippen molar-refractivity contribution in [2.24, 2.45) is 0 Å². The van der Waals surface area contributed by atoms with Gasteiger partial charge in [-0.3, -0.25) is 4.57 Å². The van der Waals surface area contributed by atoms with Crippen LogP contribution < -0.4 is 4.74 Å². The Morgan fingerprint density at radius 2 is 1.94 bits per heavy atom. The maximum atomic E-state index is 6.32. The van der Waals surface area contributed by atoms with Gasteiger partial charge in [0.1, 0.15) is 10.8 Å². The van der Waals surface area contributed by atoms with Crippen LogP contribution in [0.25, 0.3) is 10.6 Å². The Bertz CT molecular complexity index is 1250. The summed E-state index contributed by atoms with van der Waals surface area (Å²) < 4.78 is 8.25. The second-order valence-electron chi connectivity index (χ2n) is 7.74. The van der Waals surface area contributed by atoms with Crippen LogP contribution in [0.2, 0.25) is 5.02 Å². The summed E-state index contributed by atoms with van der Waals surface area (Å²) in [5, 5.41) is 13.4. The van der Waals surface area contributed by atoms with Gasteiger partial charge in [-0.25, -0.2) is 4.98 Å². The summed E-state index contributed by atoms with van der Waals surface area (Å²) >= 11 is 9.51. The predicted octanol–water partition coefficient (Wildman–Crippen LogP) is 7.29. The number of thiazole rings is 1. The van der Waals surface area contributed by atoms with Gasteiger partial charge in [0.15, 0.2) is 17.1 Å². The normalized spacial score (nSPS) is 12.0. The smallest absolute Gasteiger partial charge is 0.192 e. The van der Waals surface area contributed by atoms with E-state index in [9.17, 15) is 0 Å². The van der Waals surface area contributed by atoms with Crippen molar-refractivity contribution in [2.45, 2.75) is 44.3 Å². The Hall–Kier alpha value is -2.61. The number of hydrogen-bond acceptors (Lipinski definition) is 6. The molecule has 0 aliphatic carbocycles. The second-order valence-corrected chi connectivity index (χ2v) is 9.94. The minimum atomic E-state index is -0.251. The Morgan fingerprint density at radius 1 is 1.18 bits per heavy atom. The van der Waals surface area contributed by atoms with Crippen LogP contribution in [-0.4, -0.2) is 19.7 Å². The van der Waals surface area contributed by atoms with Crippen molar-refractivity contribution in [2.75, 3.05) is 0 Å². The van der Waals surface area contributed by atoms with E-state index in [-0.39, 0.29) is 6.10 Å². The number of nitrogens with zero attached hydrogens (tertiary/aromatic N) is 4. The highest BCUT2D eigenvalue weighted by Crippen LogP contribution is 2.32. The fraction of sp³-hybridized carbons (Fsp3) is 0.240. The number of ether oxygens (including phenoxy) is 1. The molecule has 170 valence electrons. The summed E-state index contributed by atoms with van der Waals surface area (Å²) in [6.45, 7) is 10.6. The van der Waals surface area contributed by atoms with Crippen LogP contribution in [0.4, 0.5) is 0 Å². The zero-order chi connectivity index (χ0) is 23.4. The van der Waals surface area contributed by atoms with E-state index in [0.717, 1.165) is 33.0 Å². The lowest BCUT2D eigenvalue weighted by atomic mass is 10.1. The summed E-state index contributed by atoms with van der Waals surface area (Å²) in [5.74, 6) is 2.28. The van der Waals surface area contributed by atoms with Crippen molar-refractivity contribution in [1.29, 1.82) is 0 Å². The van der Waals surface area contributed by atoms with Crippen LogP contribution in [-0.2, 0) is 12.3 Å². The number of aryl methyl sites for hydroxylation is 2. The molecule has 8 heteroatoms. The predicted molar refractivity (Wildman–Crippen MR) is 137 cm³/mol. The molecule has 0 aliphatic rings. The number of aromatic nitrogens is 4. The largest absolute Gasteiger partial charge is 0.483 e. The highest BCUT2D eigenvalue weighted by atomic mass is 35.5. The third kappa shape index (κ3) is 5.66. The first-order chi connectivity index (χ1) is 15.9. The third-order valence-corrected chi connectivity index (χ3v) is 7.19. The molecule has 2 aromatic carbocycles. The van der Waals surface area contributed by atoms with E-state index in [1.54, 1.807) is 23.1 Å². The van der Waals surface area contributed by atoms with Crippen molar-refractivity contribution >= 4 is 34.7 Å². The van der Waals surface area contributed by atoms with Gasteiger partial charge in [-0.2, -0.15) is 0 Å². The minimum absolute atomic E-state index is 0.251. The third-order valence-electron chi connectivity index (χ3n) is 4.93. The van der Waals surface area contributed by atoms with Gasteiger partial charge in [0, 0.05) is 23.2 Å². The molecule has 1 atom stereocenters. The highest BCUT2D eigenvalue weighted by Gasteiger charge is 2.20.